The van der Waals surface area contributed by atoms with Crippen LogP contribution in [0.1, 0.15) is 26.3 Å². The number of anilines is 1. The molecule has 5 nitrogen and oxygen atoms in total. The van der Waals surface area contributed by atoms with Crippen molar-refractivity contribution < 1.29 is 14.6 Å². The number of hydrogen-bond donors (Lipinski definition) is 1. The van der Waals surface area contributed by atoms with Crippen molar-refractivity contribution in [2.45, 2.75) is 39.0 Å². The second kappa shape index (κ2) is 9.06. The summed E-state index contributed by atoms with van der Waals surface area (Å²) in [5.41, 5.74) is 1.66. The monoisotopic (exact) mass is 416 g/mol. The highest BCUT2D eigenvalue weighted by atomic mass is 35.5. The van der Waals surface area contributed by atoms with Crippen LogP contribution in [-0.2, 0) is 11.3 Å². The van der Waals surface area contributed by atoms with Gasteiger partial charge in [-0.2, -0.15) is 0 Å². The van der Waals surface area contributed by atoms with Gasteiger partial charge < -0.3 is 19.6 Å². The molecule has 2 aromatic carbocycles. The van der Waals surface area contributed by atoms with Crippen LogP contribution < -0.4 is 4.90 Å². The molecule has 0 saturated carbocycles. The summed E-state index contributed by atoms with van der Waals surface area (Å²) < 4.78 is 5.46. The van der Waals surface area contributed by atoms with Crippen LogP contribution in [0.25, 0.3) is 0 Å². The number of carbonyl (C=O) groups excluding carboxylic acids is 1. The molecule has 1 amide bonds. The smallest absolute Gasteiger partial charge is 0.410 e. The largest absolute Gasteiger partial charge is 0.444 e. The van der Waals surface area contributed by atoms with Crippen LogP contribution in [-0.4, -0.2) is 47.4 Å². The summed E-state index contributed by atoms with van der Waals surface area (Å²) in [7, 11) is 0. The van der Waals surface area contributed by atoms with E-state index in [2.05, 4.69) is 17.0 Å². The first-order valence-electron chi connectivity index (χ1n) is 9.92. The average molecular weight is 417 g/mol. The molecule has 0 spiro atoms. The van der Waals surface area contributed by atoms with Crippen LogP contribution in [0.2, 0.25) is 5.02 Å². The van der Waals surface area contributed by atoms with E-state index in [1.807, 2.05) is 63.2 Å². The van der Waals surface area contributed by atoms with Crippen molar-refractivity contribution in [2.24, 2.45) is 5.92 Å². The minimum absolute atomic E-state index is 0.0677. The Kier molecular flexibility index (Phi) is 6.70. The van der Waals surface area contributed by atoms with Gasteiger partial charge in [-0.1, -0.05) is 41.9 Å². The lowest BCUT2D eigenvalue weighted by Crippen LogP contribution is -2.36. The van der Waals surface area contributed by atoms with Crippen molar-refractivity contribution in [3.05, 3.63) is 65.2 Å². The van der Waals surface area contributed by atoms with Crippen molar-refractivity contribution in [3.63, 3.8) is 0 Å². The van der Waals surface area contributed by atoms with Gasteiger partial charge in [0, 0.05) is 36.3 Å². The fourth-order valence-corrected chi connectivity index (χ4v) is 3.64. The third kappa shape index (κ3) is 6.12. The van der Waals surface area contributed by atoms with Crippen molar-refractivity contribution >= 4 is 23.4 Å². The number of benzene rings is 2. The number of halogens is 1. The SMILES string of the molecule is CC(C)(C)OC(=O)N1C[C@@H](CN(Cc2ccccc2)c2ccc(Cl)cc2)[C@@H](O)C1. The fourth-order valence-electron chi connectivity index (χ4n) is 3.51. The molecular weight excluding hydrogens is 388 g/mol. The second-order valence-corrected chi connectivity index (χ2v) is 8.99. The Labute approximate surface area is 177 Å². The van der Waals surface area contributed by atoms with E-state index >= 15 is 0 Å². The van der Waals surface area contributed by atoms with Gasteiger partial charge in [-0.25, -0.2) is 4.79 Å². The van der Waals surface area contributed by atoms with Crippen molar-refractivity contribution in [1.29, 1.82) is 0 Å². The fraction of sp³-hybridized carbons (Fsp3) is 0.435. The first kappa shape index (κ1) is 21.5. The van der Waals surface area contributed by atoms with E-state index in [1.54, 1.807) is 4.90 Å². The van der Waals surface area contributed by atoms with Gasteiger partial charge in [-0.05, 0) is 50.6 Å². The van der Waals surface area contributed by atoms with Crippen LogP contribution in [0.5, 0.6) is 0 Å². The maximum absolute atomic E-state index is 12.4. The molecule has 3 rings (SSSR count). The van der Waals surface area contributed by atoms with E-state index in [0.29, 0.717) is 31.2 Å². The number of ether oxygens (including phenoxy) is 1. The molecule has 1 aliphatic rings. The van der Waals surface area contributed by atoms with Gasteiger partial charge in [0.25, 0.3) is 0 Å². The van der Waals surface area contributed by atoms with Crippen molar-refractivity contribution in [3.8, 4) is 0 Å². The van der Waals surface area contributed by atoms with Crippen LogP contribution >= 0.6 is 11.6 Å². The number of carbonyl (C=O) groups is 1. The average Bonchev–Trinajstić information content (AvgIpc) is 3.02. The van der Waals surface area contributed by atoms with Crippen molar-refractivity contribution in [2.75, 3.05) is 24.5 Å². The Morgan fingerprint density at radius 3 is 2.41 bits per heavy atom. The third-order valence-electron chi connectivity index (χ3n) is 4.92. The molecule has 1 N–H and O–H groups in total. The Hall–Kier alpha value is -2.24. The molecule has 0 aliphatic carbocycles. The highest BCUT2D eigenvalue weighted by Crippen LogP contribution is 2.26. The molecule has 1 fully saturated rings. The summed E-state index contributed by atoms with van der Waals surface area (Å²) in [6.45, 7) is 7.62. The second-order valence-electron chi connectivity index (χ2n) is 8.56. The number of amides is 1. The lowest BCUT2D eigenvalue weighted by Gasteiger charge is -2.29. The number of hydrogen-bond acceptors (Lipinski definition) is 4. The quantitative estimate of drug-likeness (QED) is 0.775. The lowest BCUT2D eigenvalue weighted by molar-refractivity contribution is 0.0270. The summed E-state index contributed by atoms with van der Waals surface area (Å²) in [4.78, 5) is 16.2. The molecule has 0 aromatic heterocycles. The highest BCUT2D eigenvalue weighted by molar-refractivity contribution is 6.30. The zero-order valence-corrected chi connectivity index (χ0v) is 18.0. The number of aliphatic hydroxyl groups is 1. The van der Waals surface area contributed by atoms with Crippen LogP contribution in [0.3, 0.4) is 0 Å². The summed E-state index contributed by atoms with van der Waals surface area (Å²) in [5.74, 6) is -0.0677. The lowest BCUT2D eigenvalue weighted by atomic mass is 10.0. The molecule has 6 heteroatoms. The van der Waals surface area contributed by atoms with Crippen molar-refractivity contribution in [1.82, 2.24) is 4.90 Å². The first-order chi connectivity index (χ1) is 13.7. The summed E-state index contributed by atoms with van der Waals surface area (Å²) in [5, 5.41) is 11.3. The highest BCUT2D eigenvalue weighted by Gasteiger charge is 2.37. The Morgan fingerprint density at radius 2 is 1.79 bits per heavy atom. The number of aliphatic hydroxyl groups excluding tert-OH is 1. The topological polar surface area (TPSA) is 53.0 Å². The first-order valence-corrected chi connectivity index (χ1v) is 10.3. The van der Waals surface area contributed by atoms with Gasteiger partial charge in [0.2, 0.25) is 0 Å². The standard InChI is InChI=1S/C23H29ClN2O3/c1-23(2,3)29-22(28)26-15-18(21(27)16-26)14-25(13-17-7-5-4-6-8-17)20-11-9-19(24)10-12-20/h4-12,18,21,27H,13-16H2,1-3H3/t18-,21+/m1/s1. The number of β-amino-alcohol motifs (C(OH)–C–C–N with tert-alkyl or cyclic N) is 1. The predicted molar refractivity (Wildman–Crippen MR) is 116 cm³/mol. The minimum atomic E-state index is -0.590. The number of likely N-dealkylation sites (tertiary alicyclic amines) is 1. The van der Waals surface area contributed by atoms with E-state index in [-0.39, 0.29) is 12.0 Å². The maximum Gasteiger partial charge on any atom is 0.410 e. The molecular formula is C23H29ClN2O3. The van der Waals surface area contributed by atoms with E-state index in [9.17, 15) is 9.90 Å². The van der Waals surface area contributed by atoms with Crippen LogP contribution in [0.4, 0.5) is 10.5 Å². The van der Waals surface area contributed by atoms with Crippen LogP contribution in [0.15, 0.2) is 54.6 Å². The summed E-state index contributed by atoms with van der Waals surface area (Å²) in [6.07, 6.45) is -0.965. The van der Waals surface area contributed by atoms with Gasteiger partial charge in [0.15, 0.2) is 0 Å². The van der Waals surface area contributed by atoms with Crippen LogP contribution in [0, 0.1) is 5.92 Å². The Bertz CT molecular complexity index is 805. The molecule has 1 heterocycles. The molecule has 1 aliphatic heterocycles. The van der Waals surface area contributed by atoms with Gasteiger partial charge in [0.05, 0.1) is 12.6 Å². The number of nitrogens with zero attached hydrogens (tertiary/aromatic N) is 2. The molecule has 156 valence electrons. The molecule has 29 heavy (non-hydrogen) atoms. The van der Waals surface area contributed by atoms with E-state index < -0.39 is 11.7 Å². The summed E-state index contributed by atoms with van der Waals surface area (Å²) in [6, 6.07) is 17.9. The van der Waals surface area contributed by atoms with E-state index in [4.69, 9.17) is 16.3 Å². The normalized spacial score (nSPS) is 19.3. The van der Waals surface area contributed by atoms with Gasteiger partial charge >= 0.3 is 6.09 Å². The molecule has 0 unspecified atom stereocenters. The van der Waals surface area contributed by atoms with E-state index in [0.717, 1.165) is 5.69 Å². The van der Waals surface area contributed by atoms with Gasteiger partial charge in [-0.3, -0.25) is 0 Å². The third-order valence-corrected chi connectivity index (χ3v) is 5.17. The maximum atomic E-state index is 12.4. The zero-order valence-electron chi connectivity index (χ0n) is 17.2. The molecule has 2 aromatic rings. The molecule has 0 radical (unpaired) electrons. The predicted octanol–water partition coefficient (Wildman–Crippen LogP) is 4.57. The van der Waals surface area contributed by atoms with Gasteiger partial charge in [-0.15, -0.1) is 0 Å². The Morgan fingerprint density at radius 1 is 1.14 bits per heavy atom. The summed E-state index contributed by atoms with van der Waals surface area (Å²) >= 11 is 6.06. The molecule has 1 saturated heterocycles. The molecule has 0 bridgehead atoms. The van der Waals surface area contributed by atoms with Gasteiger partial charge in [0.1, 0.15) is 5.60 Å². The number of rotatable bonds is 5. The van der Waals surface area contributed by atoms with E-state index in [1.165, 1.54) is 5.56 Å². The zero-order chi connectivity index (χ0) is 21.0. The Balaban J connectivity index is 1.73. The minimum Gasteiger partial charge on any atom is -0.444 e. The molecule has 2 atom stereocenters.